The molecule has 0 amide bonds. The van der Waals surface area contributed by atoms with E-state index in [0.29, 0.717) is 18.3 Å². The predicted octanol–water partition coefficient (Wildman–Crippen LogP) is 3.08. The molecule has 0 radical (unpaired) electrons. The van der Waals surface area contributed by atoms with Crippen molar-refractivity contribution >= 4 is 47.4 Å². The molecule has 1 saturated heterocycles. The maximum atomic E-state index is 13.9. The summed E-state index contributed by atoms with van der Waals surface area (Å²) in [6.45, 7) is 4.13. The fourth-order valence-electron chi connectivity index (χ4n) is 2.58. The Morgan fingerprint density at radius 3 is 2.67 bits per heavy atom. The van der Waals surface area contributed by atoms with E-state index in [-0.39, 0.29) is 35.7 Å². The summed E-state index contributed by atoms with van der Waals surface area (Å²) in [6.07, 6.45) is 2.88. The van der Waals surface area contributed by atoms with Crippen LogP contribution >= 0.6 is 35.7 Å². The molecule has 4 nitrogen and oxygen atoms in total. The van der Waals surface area contributed by atoms with E-state index >= 15 is 0 Å². The molecule has 1 heterocycles. The molecule has 1 aromatic carbocycles. The Hall–Kier alpha value is -0.770. The molecule has 0 bridgehead atoms. The van der Waals surface area contributed by atoms with Crippen molar-refractivity contribution in [2.24, 2.45) is 4.99 Å². The van der Waals surface area contributed by atoms with Gasteiger partial charge in [-0.25, -0.2) is 8.78 Å². The van der Waals surface area contributed by atoms with Gasteiger partial charge in [-0.15, -0.1) is 24.0 Å². The third kappa shape index (κ3) is 5.65. The second-order valence-electron chi connectivity index (χ2n) is 5.65. The van der Waals surface area contributed by atoms with Crippen LogP contribution in [-0.4, -0.2) is 50.2 Å². The van der Waals surface area contributed by atoms with Gasteiger partial charge in [-0.2, -0.15) is 11.8 Å². The Kier molecular flexibility index (Phi) is 9.11. The quantitative estimate of drug-likeness (QED) is 0.395. The average molecular weight is 470 g/mol. The Balaban J connectivity index is 0.00000288. The Morgan fingerprint density at radius 1 is 1.42 bits per heavy atom. The van der Waals surface area contributed by atoms with Gasteiger partial charge in [-0.1, -0.05) is 13.0 Å². The third-order valence-electron chi connectivity index (χ3n) is 3.97. The van der Waals surface area contributed by atoms with Gasteiger partial charge < -0.3 is 15.5 Å². The largest absolute Gasteiger partial charge is 0.365 e. The monoisotopic (exact) mass is 470 g/mol. The van der Waals surface area contributed by atoms with E-state index in [0.717, 1.165) is 18.9 Å². The lowest BCUT2D eigenvalue weighted by atomic mass is 10.2. The van der Waals surface area contributed by atoms with Crippen molar-refractivity contribution in [2.75, 3.05) is 37.8 Å². The van der Waals surface area contributed by atoms with E-state index in [1.165, 1.54) is 18.2 Å². The fourth-order valence-corrected chi connectivity index (χ4v) is 2.83. The normalized spacial score (nSPS) is 19.0. The first-order valence-electron chi connectivity index (χ1n) is 7.74. The van der Waals surface area contributed by atoms with Crippen LogP contribution in [0.5, 0.6) is 0 Å². The molecule has 136 valence electrons. The van der Waals surface area contributed by atoms with Gasteiger partial charge in [0.2, 0.25) is 0 Å². The summed E-state index contributed by atoms with van der Waals surface area (Å²) in [5.41, 5.74) is 0.0655. The zero-order valence-electron chi connectivity index (χ0n) is 14.2. The summed E-state index contributed by atoms with van der Waals surface area (Å²) in [7, 11) is 1.72. The molecule has 2 rings (SSSR count). The number of nitrogens with one attached hydrogen (secondary N) is 2. The molecule has 0 aliphatic carbocycles. The van der Waals surface area contributed by atoms with Crippen LogP contribution in [0.4, 0.5) is 14.5 Å². The van der Waals surface area contributed by atoms with E-state index in [9.17, 15) is 8.78 Å². The number of hydrogen-bond acceptors (Lipinski definition) is 3. The van der Waals surface area contributed by atoms with Crippen molar-refractivity contribution in [1.82, 2.24) is 10.6 Å². The molecule has 1 aliphatic heterocycles. The number of anilines is 1. The summed E-state index contributed by atoms with van der Waals surface area (Å²) in [4.78, 5) is 5.96. The minimum absolute atomic E-state index is 0. The molecule has 0 saturated carbocycles. The zero-order valence-corrected chi connectivity index (χ0v) is 17.3. The van der Waals surface area contributed by atoms with Crippen molar-refractivity contribution in [3.8, 4) is 0 Å². The topological polar surface area (TPSA) is 39.7 Å². The van der Waals surface area contributed by atoms with Gasteiger partial charge in [0, 0.05) is 38.0 Å². The van der Waals surface area contributed by atoms with E-state index in [2.05, 4.69) is 28.8 Å². The molecule has 1 aliphatic rings. The number of aliphatic imine (C=N–C) groups is 1. The molecule has 0 spiro atoms. The highest BCUT2D eigenvalue weighted by atomic mass is 127. The SMILES string of the molecule is CN=C(NCC(C)SC)NC1CCN(c2c(F)cccc2F)C1.I. The van der Waals surface area contributed by atoms with Gasteiger partial charge in [0.05, 0.1) is 0 Å². The maximum absolute atomic E-state index is 13.9. The highest BCUT2D eigenvalue weighted by Gasteiger charge is 2.27. The van der Waals surface area contributed by atoms with Crippen LogP contribution in [0.3, 0.4) is 0 Å². The summed E-state index contributed by atoms with van der Waals surface area (Å²) in [5, 5.41) is 7.09. The second-order valence-corrected chi connectivity index (χ2v) is 6.92. The molecule has 1 aromatic rings. The average Bonchev–Trinajstić information content (AvgIpc) is 2.99. The van der Waals surface area contributed by atoms with Gasteiger partial charge in [0.1, 0.15) is 17.3 Å². The van der Waals surface area contributed by atoms with Gasteiger partial charge in [-0.05, 0) is 24.8 Å². The maximum Gasteiger partial charge on any atom is 0.191 e. The summed E-state index contributed by atoms with van der Waals surface area (Å²) >= 11 is 1.78. The summed E-state index contributed by atoms with van der Waals surface area (Å²) in [6, 6.07) is 4.09. The van der Waals surface area contributed by atoms with Crippen LogP contribution in [0.25, 0.3) is 0 Å². The number of para-hydroxylation sites is 1. The smallest absolute Gasteiger partial charge is 0.191 e. The highest BCUT2D eigenvalue weighted by Crippen LogP contribution is 2.26. The number of rotatable bonds is 5. The number of halogens is 3. The van der Waals surface area contributed by atoms with Crippen molar-refractivity contribution in [3.05, 3.63) is 29.8 Å². The summed E-state index contributed by atoms with van der Waals surface area (Å²) < 4.78 is 27.7. The second kappa shape index (κ2) is 10.3. The van der Waals surface area contributed by atoms with Crippen molar-refractivity contribution in [2.45, 2.75) is 24.6 Å². The molecule has 24 heavy (non-hydrogen) atoms. The summed E-state index contributed by atoms with van der Waals surface area (Å²) in [5.74, 6) is -0.296. The van der Waals surface area contributed by atoms with Crippen LogP contribution in [0.2, 0.25) is 0 Å². The Morgan fingerprint density at radius 2 is 2.08 bits per heavy atom. The molecule has 2 unspecified atom stereocenters. The fraction of sp³-hybridized carbons (Fsp3) is 0.562. The lowest BCUT2D eigenvalue weighted by molar-refractivity contribution is 0.576. The van der Waals surface area contributed by atoms with Gasteiger partial charge in [-0.3, -0.25) is 4.99 Å². The lowest BCUT2D eigenvalue weighted by Crippen LogP contribution is -2.46. The van der Waals surface area contributed by atoms with Crippen molar-refractivity contribution in [3.63, 3.8) is 0 Å². The van der Waals surface area contributed by atoms with Crippen molar-refractivity contribution < 1.29 is 8.78 Å². The molecular formula is C16H25F2IN4S. The van der Waals surface area contributed by atoms with Crippen LogP contribution in [0.1, 0.15) is 13.3 Å². The van der Waals surface area contributed by atoms with Crippen LogP contribution in [0.15, 0.2) is 23.2 Å². The van der Waals surface area contributed by atoms with E-state index < -0.39 is 11.6 Å². The molecule has 8 heteroatoms. The van der Waals surface area contributed by atoms with E-state index in [4.69, 9.17) is 0 Å². The van der Waals surface area contributed by atoms with Gasteiger partial charge in [0.15, 0.2) is 5.96 Å². The Labute approximate surface area is 163 Å². The predicted molar refractivity (Wildman–Crippen MR) is 110 cm³/mol. The first-order chi connectivity index (χ1) is 11.0. The molecule has 0 aromatic heterocycles. The molecule has 1 fully saturated rings. The number of benzene rings is 1. The molecule has 2 atom stereocenters. The minimum Gasteiger partial charge on any atom is -0.365 e. The minimum atomic E-state index is -0.512. The first kappa shape index (κ1) is 21.3. The standard InChI is InChI=1S/C16H24F2N4S.HI/c1-11(23-3)9-20-16(19-2)21-12-7-8-22(10-12)15-13(17)5-4-6-14(15)18;/h4-6,11-12H,7-10H2,1-3H3,(H2,19,20,21);1H. The van der Waals surface area contributed by atoms with Crippen molar-refractivity contribution in [1.29, 1.82) is 0 Å². The molecular weight excluding hydrogens is 445 g/mol. The van der Waals surface area contributed by atoms with Gasteiger partial charge >= 0.3 is 0 Å². The number of nitrogens with zero attached hydrogens (tertiary/aromatic N) is 2. The zero-order chi connectivity index (χ0) is 16.8. The number of thioether (sulfide) groups is 1. The first-order valence-corrected chi connectivity index (χ1v) is 9.03. The third-order valence-corrected chi connectivity index (χ3v) is 4.94. The highest BCUT2D eigenvalue weighted by molar-refractivity contribution is 14.0. The number of hydrogen-bond donors (Lipinski definition) is 2. The van der Waals surface area contributed by atoms with Gasteiger partial charge in [0.25, 0.3) is 0 Å². The number of guanidine groups is 1. The van der Waals surface area contributed by atoms with E-state index in [1.807, 2.05) is 0 Å². The van der Waals surface area contributed by atoms with Crippen LogP contribution < -0.4 is 15.5 Å². The molecule has 2 N–H and O–H groups in total. The lowest BCUT2D eigenvalue weighted by Gasteiger charge is -2.21. The Bertz CT molecular complexity index is 539. The van der Waals surface area contributed by atoms with Crippen LogP contribution in [0, 0.1) is 11.6 Å². The van der Waals surface area contributed by atoms with E-state index in [1.54, 1.807) is 23.7 Å². The van der Waals surface area contributed by atoms with Crippen LogP contribution in [-0.2, 0) is 0 Å².